The first-order chi connectivity index (χ1) is 6.55. The largest absolute Gasteiger partial charge is 0.306 e. The summed E-state index contributed by atoms with van der Waals surface area (Å²) in [6.45, 7) is 12.1. The first-order valence-corrected chi connectivity index (χ1v) is 6.24. The van der Waals surface area contributed by atoms with Gasteiger partial charge in [0.25, 0.3) is 0 Å². The molecule has 1 rings (SSSR count). The van der Waals surface area contributed by atoms with Crippen LogP contribution in [0.3, 0.4) is 0 Å². The van der Waals surface area contributed by atoms with Crippen molar-refractivity contribution in [3.05, 3.63) is 0 Å². The maximum atomic E-state index is 2.51. The van der Waals surface area contributed by atoms with Gasteiger partial charge in [-0.05, 0) is 37.3 Å². The number of rotatable bonds is 3. The highest BCUT2D eigenvalue weighted by Gasteiger charge is 2.40. The van der Waals surface area contributed by atoms with Crippen LogP contribution in [0.5, 0.6) is 0 Å². The molecule has 1 aliphatic rings. The van der Waals surface area contributed by atoms with Crippen molar-refractivity contribution in [1.82, 2.24) is 4.90 Å². The van der Waals surface area contributed by atoms with Gasteiger partial charge in [0.1, 0.15) is 0 Å². The Morgan fingerprint density at radius 2 is 1.86 bits per heavy atom. The van der Waals surface area contributed by atoms with Gasteiger partial charge in [0.2, 0.25) is 0 Å². The average molecular weight is 197 g/mol. The number of hydrogen-bond acceptors (Lipinski definition) is 1. The highest BCUT2D eigenvalue weighted by molar-refractivity contribution is 4.91. The fourth-order valence-corrected chi connectivity index (χ4v) is 3.27. The lowest BCUT2D eigenvalue weighted by atomic mass is 9.63. The molecule has 14 heavy (non-hydrogen) atoms. The molecule has 1 unspecified atom stereocenters. The highest BCUT2D eigenvalue weighted by atomic mass is 15.1. The Bertz CT molecular complexity index is 170. The van der Waals surface area contributed by atoms with Crippen LogP contribution in [-0.4, -0.2) is 25.0 Å². The lowest BCUT2D eigenvalue weighted by Crippen LogP contribution is -2.47. The van der Waals surface area contributed by atoms with Gasteiger partial charge in [0.15, 0.2) is 0 Å². The van der Waals surface area contributed by atoms with Crippen LogP contribution in [-0.2, 0) is 0 Å². The minimum absolute atomic E-state index is 0.640. The second-order valence-electron chi connectivity index (χ2n) is 5.43. The topological polar surface area (TPSA) is 3.24 Å². The molecule has 1 nitrogen and oxygen atoms in total. The number of nitrogens with zero attached hydrogens (tertiary/aromatic N) is 1. The normalized spacial score (nSPS) is 28.3. The van der Waals surface area contributed by atoms with Crippen molar-refractivity contribution in [3.8, 4) is 0 Å². The van der Waals surface area contributed by atoms with Crippen molar-refractivity contribution < 1.29 is 0 Å². The van der Waals surface area contributed by atoms with Gasteiger partial charge in [-0.3, -0.25) is 0 Å². The maximum Gasteiger partial charge on any atom is 0.00144 e. The van der Waals surface area contributed by atoms with E-state index in [0.29, 0.717) is 5.41 Å². The Morgan fingerprint density at radius 1 is 1.29 bits per heavy atom. The molecular weight excluding hydrogens is 170 g/mol. The standard InChI is InChI=1S/C13H27N/c1-6-13(7-2)8-9-14(5)10-12(13)11(3)4/h11-12H,6-10H2,1-5H3. The molecule has 0 saturated carbocycles. The van der Waals surface area contributed by atoms with Crippen molar-refractivity contribution in [2.75, 3.05) is 20.1 Å². The summed E-state index contributed by atoms with van der Waals surface area (Å²) in [5, 5.41) is 0. The molecule has 84 valence electrons. The zero-order chi connectivity index (χ0) is 10.8. The van der Waals surface area contributed by atoms with Crippen molar-refractivity contribution in [2.24, 2.45) is 17.3 Å². The average Bonchev–Trinajstić information content (AvgIpc) is 2.18. The Morgan fingerprint density at radius 3 is 2.29 bits per heavy atom. The summed E-state index contributed by atoms with van der Waals surface area (Å²) in [7, 11) is 2.27. The third-order valence-corrected chi connectivity index (χ3v) is 4.50. The minimum Gasteiger partial charge on any atom is -0.306 e. The SMILES string of the molecule is CCC1(CC)CCN(C)CC1C(C)C. The van der Waals surface area contributed by atoms with Crippen LogP contribution < -0.4 is 0 Å². The van der Waals surface area contributed by atoms with Crippen molar-refractivity contribution >= 4 is 0 Å². The first kappa shape index (κ1) is 12.0. The smallest absolute Gasteiger partial charge is 0.00144 e. The van der Waals surface area contributed by atoms with Crippen molar-refractivity contribution in [1.29, 1.82) is 0 Å². The number of likely N-dealkylation sites (tertiary alicyclic amines) is 1. The van der Waals surface area contributed by atoms with Gasteiger partial charge in [-0.2, -0.15) is 0 Å². The van der Waals surface area contributed by atoms with Gasteiger partial charge in [0.05, 0.1) is 0 Å². The third-order valence-electron chi connectivity index (χ3n) is 4.50. The quantitative estimate of drug-likeness (QED) is 0.670. The van der Waals surface area contributed by atoms with Gasteiger partial charge in [-0.15, -0.1) is 0 Å². The zero-order valence-electron chi connectivity index (χ0n) is 10.6. The third kappa shape index (κ3) is 2.13. The molecular formula is C13H27N. The Labute approximate surface area is 89.9 Å². The molecule has 0 spiro atoms. The molecule has 0 aliphatic carbocycles. The van der Waals surface area contributed by atoms with Gasteiger partial charge < -0.3 is 4.90 Å². The van der Waals surface area contributed by atoms with Crippen LogP contribution in [0.1, 0.15) is 47.0 Å². The zero-order valence-corrected chi connectivity index (χ0v) is 10.6. The van der Waals surface area contributed by atoms with E-state index < -0.39 is 0 Å². The van der Waals surface area contributed by atoms with Gasteiger partial charge in [-0.25, -0.2) is 0 Å². The minimum atomic E-state index is 0.640. The molecule has 1 aliphatic heterocycles. The highest BCUT2D eigenvalue weighted by Crippen LogP contribution is 2.45. The monoisotopic (exact) mass is 197 g/mol. The molecule has 0 aromatic carbocycles. The summed E-state index contributed by atoms with van der Waals surface area (Å²) in [5.41, 5.74) is 0.640. The van der Waals surface area contributed by atoms with Crippen LogP contribution in [0.4, 0.5) is 0 Å². The summed E-state index contributed by atoms with van der Waals surface area (Å²) < 4.78 is 0. The van der Waals surface area contributed by atoms with E-state index >= 15 is 0 Å². The van der Waals surface area contributed by atoms with Crippen LogP contribution in [0.15, 0.2) is 0 Å². The first-order valence-electron chi connectivity index (χ1n) is 6.24. The van der Waals surface area contributed by atoms with Gasteiger partial charge in [0, 0.05) is 6.54 Å². The summed E-state index contributed by atoms with van der Waals surface area (Å²) in [6, 6.07) is 0. The molecule has 0 radical (unpaired) electrons. The van der Waals surface area contributed by atoms with Crippen molar-refractivity contribution in [2.45, 2.75) is 47.0 Å². The van der Waals surface area contributed by atoms with Crippen molar-refractivity contribution in [3.63, 3.8) is 0 Å². The fourth-order valence-electron chi connectivity index (χ4n) is 3.27. The van der Waals surface area contributed by atoms with Crippen LogP contribution in [0.25, 0.3) is 0 Å². The lowest BCUT2D eigenvalue weighted by molar-refractivity contribution is 0.00989. The van der Waals surface area contributed by atoms with Gasteiger partial charge >= 0.3 is 0 Å². The molecule has 0 N–H and O–H groups in total. The van der Waals surface area contributed by atoms with E-state index in [0.717, 1.165) is 11.8 Å². The molecule has 1 heterocycles. The van der Waals surface area contributed by atoms with E-state index in [4.69, 9.17) is 0 Å². The van der Waals surface area contributed by atoms with E-state index in [1.54, 1.807) is 0 Å². The predicted molar refractivity (Wildman–Crippen MR) is 63.5 cm³/mol. The van der Waals surface area contributed by atoms with E-state index in [9.17, 15) is 0 Å². The maximum absolute atomic E-state index is 2.51. The number of piperidine rings is 1. The second-order valence-corrected chi connectivity index (χ2v) is 5.43. The molecule has 0 amide bonds. The molecule has 1 saturated heterocycles. The lowest BCUT2D eigenvalue weighted by Gasteiger charge is -2.48. The van der Waals surface area contributed by atoms with E-state index in [-0.39, 0.29) is 0 Å². The Hall–Kier alpha value is -0.0400. The van der Waals surface area contributed by atoms with Crippen LogP contribution in [0.2, 0.25) is 0 Å². The summed E-state index contributed by atoms with van der Waals surface area (Å²) >= 11 is 0. The van der Waals surface area contributed by atoms with Crippen LogP contribution >= 0.6 is 0 Å². The summed E-state index contributed by atoms with van der Waals surface area (Å²) in [5.74, 6) is 1.73. The Balaban J connectivity index is 2.80. The summed E-state index contributed by atoms with van der Waals surface area (Å²) in [6.07, 6.45) is 4.12. The second kappa shape index (κ2) is 4.65. The molecule has 0 bridgehead atoms. The fraction of sp³-hybridized carbons (Fsp3) is 1.00. The van der Waals surface area contributed by atoms with E-state index in [1.807, 2.05) is 0 Å². The molecule has 1 heteroatoms. The van der Waals surface area contributed by atoms with E-state index in [1.165, 1.54) is 32.4 Å². The molecule has 0 aromatic rings. The summed E-state index contributed by atoms with van der Waals surface area (Å²) in [4.78, 5) is 2.51. The molecule has 1 atom stereocenters. The predicted octanol–water partition coefficient (Wildman–Crippen LogP) is 3.40. The molecule has 1 fully saturated rings. The van der Waals surface area contributed by atoms with Gasteiger partial charge in [-0.1, -0.05) is 40.5 Å². The molecule has 0 aromatic heterocycles. The van der Waals surface area contributed by atoms with Crippen LogP contribution in [0, 0.1) is 17.3 Å². The van der Waals surface area contributed by atoms with E-state index in [2.05, 4.69) is 39.6 Å². The number of hydrogen-bond donors (Lipinski definition) is 0. The Kier molecular flexibility index (Phi) is 4.00.